The van der Waals surface area contributed by atoms with Crippen molar-refractivity contribution in [2.75, 3.05) is 18.4 Å². The first-order chi connectivity index (χ1) is 12.5. The summed E-state index contributed by atoms with van der Waals surface area (Å²) in [6.45, 7) is 0.681. The van der Waals surface area contributed by atoms with Gasteiger partial charge in [-0.25, -0.2) is 9.18 Å². The molecule has 0 bridgehead atoms. The third kappa shape index (κ3) is 4.08. The highest BCUT2D eigenvalue weighted by Gasteiger charge is 2.30. The minimum absolute atomic E-state index is 0.123. The first-order valence-corrected chi connectivity index (χ1v) is 8.75. The van der Waals surface area contributed by atoms with Crippen LogP contribution in [-0.4, -0.2) is 29.9 Å². The molecule has 1 aliphatic rings. The Morgan fingerprint density at radius 1 is 1.19 bits per heavy atom. The summed E-state index contributed by atoms with van der Waals surface area (Å²) in [5.41, 5.74) is 1.14. The van der Waals surface area contributed by atoms with Crippen LogP contribution < -0.4 is 10.6 Å². The summed E-state index contributed by atoms with van der Waals surface area (Å²) >= 11 is 11.6. The van der Waals surface area contributed by atoms with Gasteiger partial charge in [0.15, 0.2) is 5.82 Å². The van der Waals surface area contributed by atoms with Crippen molar-refractivity contribution < 1.29 is 14.0 Å². The molecule has 0 saturated carbocycles. The SMILES string of the molecule is O=C1CC(c2ccccc2)N(C(=O)Nc2cc(Cl)c(F)c(Cl)c2)CCN1. The summed E-state index contributed by atoms with van der Waals surface area (Å²) in [5, 5.41) is 5.08. The number of carbonyl (C=O) groups excluding carboxylic acids is 2. The van der Waals surface area contributed by atoms with E-state index in [2.05, 4.69) is 10.6 Å². The van der Waals surface area contributed by atoms with Crippen LogP contribution in [0.25, 0.3) is 0 Å². The van der Waals surface area contributed by atoms with E-state index in [-0.39, 0.29) is 28.1 Å². The van der Waals surface area contributed by atoms with E-state index >= 15 is 0 Å². The number of hydrogen-bond acceptors (Lipinski definition) is 2. The van der Waals surface area contributed by atoms with Crippen molar-refractivity contribution in [3.05, 3.63) is 63.9 Å². The minimum Gasteiger partial charge on any atom is -0.354 e. The predicted molar refractivity (Wildman–Crippen MR) is 99.0 cm³/mol. The molecule has 1 aliphatic heterocycles. The van der Waals surface area contributed by atoms with Crippen molar-refractivity contribution in [2.24, 2.45) is 0 Å². The first kappa shape index (κ1) is 18.5. The quantitative estimate of drug-likeness (QED) is 0.747. The number of urea groups is 1. The van der Waals surface area contributed by atoms with Crippen LogP contribution >= 0.6 is 23.2 Å². The Bertz CT molecular complexity index is 809. The molecule has 5 nitrogen and oxygen atoms in total. The molecule has 0 spiro atoms. The number of halogens is 3. The smallest absolute Gasteiger partial charge is 0.322 e. The second-order valence-electron chi connectivity index (χ2n) is 5.86. The van der Waals surface area contributed by atoms with Gasteiger partial charge < -0.3 is 15.5 Å². The molecule has 1 saturated heterocycles. The molecule has 2 aromatic carbocycles. The number of rotatable bonds is 2. The highest BCUT2D eigenvalue weighted by molar-refractivity contribution is 6.35. The molecule has 1 unspecified atom stereocenters. The van der Waals surface area contributed by atoms with Gasteiger partial charge in [0.2, 0.25) is 5.91 Å². The van der Waals surface area contributed by atoms with Gasteiger partial charge in [0.25, 0.3) is 0 Å². The van der Waals surface area contributed by atoms with E-state index in [9.17, 15) is 14.0 Å². The van der Waals surface area contributed by atoms with Crippen LogP contribution in [0, 0.1) is 5.82 Å². The van der Waals surface area contributed by atoms with E-state index < -0.39 is 17.9 Å². The van der Waals surface area contributed by atoms with E-state index in [1.165, 1.54) is 12.1 Å². The average Bonchev–Trinajstić information content (AvgIpc) is 2.82. The Hall–Kier alpha value is -2.31. The van der Waals surface area contributed by atoms with E-state index in [0.717, 1.165) is 5.56 Å². The summed E-state index contributed by atoms with van der Waals surface area (Å²) < 4.78 is 13.6. The zero-order valence-corrected chi connectivity index (χ0v) is 15.1. The van der Waals surface area contributed by atoms with Crippen LogP contribution in [0.1, 0.15) is 18.0 Å². The lowest BCUT2D eigenvalue weighted by molar-refractivity contribution is -0.121. The first-order valence-electron chi connectivity index (χ1n) is 7.99. The van der Waals surface area contributed by atoms with Crippen molar-refractivity contribution in [3.8, 4) is 0 Å². The zero-order chi connectivity index (χ0) is 18.7. The topological polar surface area (TPSA) is 61.4 Å². The largest absolute Gasteiger partial charge is 0.354 e. The number of anilines is 1. The minimum atomic E-state index is -0.738. The summed E-state index contributed by atoms with van der Waals surface area (Å²) in [5.74, 6) is -0.861. The lowest BCUT2D eigenvalue weighted by Gasteiger charge is -2.29. The number of benzene rings is 2. The molecule has 1 atom stereocenters. The van der Waals surface area contributed by atoms with Gasteiger partial charge in [0, 0.05) is 18.8 Å². The van der Waals surface area contributed by atoms with Crippen molar-refractivity contribution in [3.63, 3.8) is 0 Å². The monoisotopic (exact) mass is 395 g/mol. The molecule has 8 heteroatoms. The summed E-state index contributed by atoms with van der Waals surface area (Å²) in [7, 11) is 0. The van der Waals surface area contributed by atoms with Gasteiger partial charge in [-0.2, -0.15) is 0 Å². The van der Waals surface area contributed by atoms with Gasteiger partial charge in [-0.1, -0.05) is 53.5 Å². The lowest BCUT2D eigenvalue weighted by atomic mass is 10.0. The van der Waals surface area contributed by atoms with Crippen LogP contribution in [0.15, 0.2) is 42.5 Å². The molecule has 26 heavy (non-hydrogen) atoms. The van der Waals surface area contributed by atoms with Gasteiger partial charge in [0.1, 0.15) is 0 Å². The van der Waals surface area contributed by atoms with Gasteiger partial charge in [-0.05, 0) is 17.7 Å². The average molecular weight is 396 g/mol. The van der Waals surface area contributed by atoms with Crippen molar-refractivity contribution >= 4 is 40.8 Å². The highest BCUT2D eigenvalue weighted by Crippen LogP contribution is 2.29. The number of amides is 3. The normalized spacial score (nSPS) is 17.4. The fourth-order valence-corrected chi connectivity index (χ4v) is 3.36. The summed E-state index contributed by atoms with van der Waals surface area (Å²) in [6.07, 6.45) is 0.155. The van der Waals surface area contributed by atoms with Crippen LogP contribution in [0.4, 0.5) is 14.9 Å². The third-order valence-electron chi connectivity index (χ3n) is 4.11. The molecule has 1 heterocycles. The molecule has 1 fully saturated rings. The molecule has 0 aliphatic carbocycles. The highest BCUT2D eigenvalue weighted by atomic mass is 35.5. The van der Waals surface area contributed by atoms with Gasteiger partial charge in [-0.3, -0.25) is 4.79 Å². The standard InChI is InChI=1S/C18H16Cl2FN3O2/c19-13-8-12(9-14(20)17(13)21)23-18(26)24-7-6-22-16(25)10-15(24)11-4-2-1-3-5-11/h1-5,8-9,15H,6-7,10H2,(H,22,25)(H,23,26). The molecule has 0 aromatic heterocycles. The maximum atomic E-state index is 13.6. The molecule has 0 radical (unpaired) electrons. The van der Waals surface area contributed by atoms with Gasteiger partial charge >= 0.3 is 6.03 Å². The molecule has 3 rings (SSSR count). The van der Waals surface area contributed by atoms with Crippen LogP contribution in [0.3, 0.4) is 0 Å². The molecular formula is C18H16Cl2FN3O2. The van der Waals surface area contributed by atoms with Crippen molar-refractivity contribution in [1.29, 1.82) is 0 Å². The van der Waals surface area contributed by atoms with Gasteiger partial charge in [0.05, 0.1) is 22.5 Å². The van der Waals surface area contributed by atoms with Crippen LogP contribution in [-0.2, 0) is 4.79 Å². The van der Waals surface area contributed by atoms with Crippen LogP contribution in [0.2, 0.25) is 10.0 Å². The Labute approximate surface area is 160 Å². The summed E-state index contributed by atoms with van der Waals surface area (Å²) in [6, 6.07) is 11.1. The van der Waals surface area contributed by atoms with E-state index in [0.29, 0.717) is 13.1 Å². The Balaban J connectivity index is 1.86. The number of carbonyl (C=O) groups is 2. The second kappa shape index (κ2) is 7.93. The Morgan fingerprint density at radius 2 is 1.85 bits per heavy atom. The fraction of sp³-hybridized carbons (Fsp3) is 0.222. The lowest BCUT2D eigenvalue weighted by Crippen LogP contribution is -2.39. The number of nitrogens with one attached hydrogen (secondary N) is 2. The Kier molecular flexibility index (Phi) is 5.64. The molecule has 136 valence electrons. The second-order valence-corrected chi connectivity index (χ2v) is 6.67. The molecule has 3 amide bonds. The molecular weight excluding hydrogens is 380 g/mol. The number of nitrogens with zero attached hydrogens (tertiary/aromatic N) is 1. The van der Waals surface area contributed by atoms with E-state index in [4.69, 9.17) is 23.2 Å². The maximum Gasteiger partial charge on any atom is 0.322 e. The maximum absolute atomic E-state index is 13.6. The molecule has 2 aromatic rings. The number of hydrogen-bond donors (Lipinski definition) is 2. The van der Waals surface area contributed by atoms with E-state index in [1.807, 2.05) is 30.3 Å². The van der Waals surface area contributed by atoms with Crippen molar-refractivity contribution in [2.45, 2.75) is 12.5 Å². The Morgan fingerprint density at radius 3 is 2.50 bits per heavy atom. The van der Waals surface area contributed by atoms with Crippen LogP contribution in [0.5, 0.6) is 0 Å². The summed E-state index contributed by atoms with van der Waals surface area (Å²) in [4.78, 5) is 26.4. The zero-order valence-electron chi connectivity index (χ0n) is 13.6. The van der Waals surface area contributed by atoms with Crippen molar-refractivity contribution in [1.82, 2.24) is 10.2 Å². The third-order valence-corrected chi connectivity index (χ3v) is 4.66. The molecule has 2 N–H and O–H groups in total. The van der Waals surface area contributed by atoms with E-state index in [1.54, 1.807) is 4.90 Å². The van der Waals surface area contributed by atoms with Gasteiger partial charge in [-0.15, -0.1) is 0 Å². The predicted octanol–water partition coefficient (Wildman–Crippen LogP) is 4.23. The fourth-order valence-electron chi connectivity index (χ4n) is 2.87.